The zero-order valence-electron chi connectivity index (χ0n) is 21.0. The van der Waals surface area contributed by atoms with Crippen LogP contribution in [0.4, 0.5) is 10.2 Å². The first-order valence-electron chi connectivity index (χ1n) is 12.4. The van der Waals surface area contributed by atoms with Crippen LogP contribution in [0.5, 0.6) is 11.5 Å². The molecule has 5 rings (SSSR count). The van der Waals surface area contributed by atoms with Gasteiger partial charge in [0.25, 0.3) is 0 Å². The molecule has 1 saturated carbocycles. The van der Waals surface area contributed by atoms with Crippen LogP contribution >= 0.6 is 0 Å². The maximum Gasteiger partial charge on any atom is 0.147 e. The van der Waals surface area contributed by atoms with Gasteiger partial charge in [-0.1, -0.05) is 12.1 Å². The predicted molar refractivity (Wildman–Crippen MR) is 140 cm³/mol. The van der Waals surface area contributed by atoms with Crippen LogP contribution in [-0.4, -0.2) is 40.8 Å². The highest BCUT2D eigenvalue weighted by Gasteiger charge is 2.21. The minimum atomic E-state index is -0.260. The Morgan fingerprint density at radius 3 is 2.72 bits per heavy atom. The Bertz CT molecular complexity index is 1370. The molecule has 188 valence electrons. The van der Waals surface area contributed by atoms with Gasteiger partial charge in [0, 0.05) is 53.9 Å². The number of nitrogens with one attached hydrogen (secondary N) is 2. The molecule has 1 aliphatic rings. The average molecular weight is 490 g/mol. The maximum atomic E-state index is 14.6. The van der Waals surface area contributed by atoms with Gasteiger partial charge < -0.3 is 24.7 Å². The van der Waals surface area contributed by atoms with E-state index in [9.17, 15) is 4.39 Å². The molecule has 0 atom stereocenters. The van der Waals surface area contributed by atoms with Crippen molar-refractivity contribution < 1.29 is 13.9 Å². The van der Waals surface area contributed by atoms with Crippen LogP contribution in [-0.2, 0) is 13.1 Å². The van der Waals surface area contributed by atoms with Gasteiger partial charge >= 0.3 is 0 Å². The summed E-state index contributed by atoms with van der Waals surface area (Å²) in [6.07, 6.45) is 4.06. The fourth-order valence-corrected chi connectivity index (χ4v) is 4.51. The number of aromatic nitrogens is 3. The van der Waals surface area contributed by atoms with Crippen molar-refractivity contribution in [2.75, 3.05) is 25.6 Å². The third-order valence-electron chi connectivity index (χ3n) is 6.53. The Labute approximate surface area is 210 Å². The number of benzene rings is 2. The van der Waals surface area contributed by atoms with E-state index in [1.165, 1.54) is 18.9 Å². The second kappa shape index (κ2) is 10.5. The average Bonchev–Trinajstić information content (AvgIpc) is 3.66. The summed E-state index contributed by atoms with van der Waals surface area (Å²) in [5, 5.41) is 7.69. The highest BCUT2D eigenvalue weighted by atomic mass is 19.1. The molecule has 1 fully saturated rings. The number of methoxy groups -OCH3 is 1. The van der Waals surface area contributed by atoms with Crippen LogP contribution in [0.3, 0.4) is 0 Å². The van der Waals surface area contributed by atoms with Gasteiger partial charge in [-0.3, -0.25) is 0 Å². The van der Waals surface area contributed by atoms with Gasteiger partial charge in [-0.25, -0.2) is 14.4 Å². The molecule has 2 aromatic carbocycles. The van der Waals surface area contributed by atoms with E-state index in [1.807, 2.05) is 36.6 Å². The van der Waals surface area contributed by atoms with Crippen molar-refractivity contribution >= 4 is 16.7 Å². The molecule has 0 amide bonds. The highest BCUT2D eigenvalue weighted by Crippen LogP contribution is 2.31. The zero-order valence-corrected chi connectivity index (χ0v) is 21.0. The van der Waals surface area contributed by atoms with Crippen LogP contribution in [0.25, 0.3) is 22.2 Å². The van der Waals surface area contributed by atoms with Gasteiger partial charge in [-0.15, -0.1) is 0 Å². The summed E-state index contributed by atoms with van der Waals surface area (Å²) < 4.78 is 27.9. The van der Waals surface area contributed by atoms with E-state index in [0.717, 1.165) is 40.2 Å². The third kappa shape index (κ3) is 5.14. The standard InChI is InChI=1S/C28H32FN5O2/c1-4-36-26-14-19(5-6-20(26)16-31-21-7-8-21)24-15-27(33-17-32-24)30-11-12-34-18(2)13-22-25(35-3)10-9-23(29)28(22)34/h5-6,9-10,13-15,17,21,31H,4,7-8,11-12,16H2,1-3H3,(H,30,32,33). The van der Waals surface area contributed by atoms with Gasteiger partial charge in [0.15, 0.2) is 0 Å². The van der Waals surface area contributed by atoms with Gasteiger partial charge in [-0.05, 0) is 51.0 Å². The van der Waals surface area contributed by atoms with Crippen molar-refractivity contribution in [3.63, 3.8) is 0 Å². The summed E-state index contributed by atoms with van der Waals surface area (Å²) >= 11 is 0. The number of hydrogen-bond donors (Lipinski definition) is 2. The Morgan fingerprint density at radius 1 is 1.08 bits per heavy atom. The smallest absolute Gasteiger partial charge is 0.147 e. The van der Waals surface area contributed by atoms with Crippen LogP contribution in [0.1, 0.15) is 31.0 Å². The molecule has 2 aromatic heterocycles. The molecule has 1 aliphatic carbocycles. The van der Waals surface area contributed by atoms with Gasteiger partial charge in [0.05, 0.1) is 24.9 Å². The lowest BCUT2D eigenvalue weighted by Crippen LogP contribution is -2.16. The molecule has 0 radical (unpaired) electrons. The molecule has 0 unspecified atom stereocenters. The Kier molecular flexibility index (Phi) is 7.04. The van der Waals surface area contributed by atoms with Crippen LogP contribution in [0.2, 0.25) is 0 Å². The largest absolute Gasteiger partial charge is 0.496 e. The van der Waals surface area contributed by atoms with Crippen LogP contribution in [0.15, 0.2) is 48.8 Å². The van der Waals surface area contributed by atoms with Crippen LogP contribution in [0, 0.1) is 12.7 Å². The molecule has 8 heteroatoms. The highest BCUT2D eigenvalue weighted by molar-refractivity contribution is 5.88. The zero-order chi connectivity index (χ0) is 25.1. The summed E-state index contributed by atoms with van der Waals surface area (Å²) in [5.74, 6) is 2.00. The predicted octanol–water partition coefficient (Wildman–Crippen LogP) is 5.32. The third-order valence-corrected chi connectivity index (χ3v) is 6.53. The topological polar surface area (TPSA) is 73.2 Å². The monoisotopic (exact) mass is 489 g/mol. The van der Waals surface area contributed by atoms with Gasteiger partial charge in [-0.2, -0.15) is 0 Å². The number of hydrogen-bond acceptors (Lipinski definition) is 6. The summed E-state index contributed by atoms with van der Waals surface area (Å²) in [4.78, 5) is 8.86. The summed E-state index contributed by atoms with van der Waals surface area (Å²) in [6.45, 7) is 6.54. The van der Waals surface area contributed by atoms with Crippen molar-refractivity contribution in [2.45, 2.75) is 45.8 Å². The second-order valence-electron chi connectivity index (χ2n) is 9.08. The first kappa shape index (κ1) is 24.1. The molecular formula is C28H32FN5O2. The molecule has 0 bridgehead atoms. The number of halogens is 1. The van der Waals surface area contributed by atoms with Crippen molar-refractivity contribution in [3.05, 3.63) is 65.9 Å². The number of anilines is 1. The molecule has 0 saturated heterocycles. The molecular weight excluding hydrogens is 457 g/mol. The van der Waals surface area contributed by atoms with E-state index in [0.29, 0.717) is 42.8 Å². The fraction of sp³-hybridized carbons (Fsp3) is 0.357. The van der Waals surface area contributed by atoms with Crippen molar-refractivity contribution in [1.82, 2.24) is 19.9 Å². The number of ether oxygens (including phenoxy) is 2. The molecule has 0 spiro atoms. The summed E-state index contributed by atoms with van der Waals surface area (Å²) in [7, 11) is 1.60. The van der Waals surface area contributed by atoms with Crippen molar-refractivity contribution in [1.29, 1.82) is 0 Å². The first-order chi connectivity index (χ1) is 17.6. The first-order valence-corrected chi connectivity index (χ1v) is 12.4. The molecule has 0 aliphatic heterocycles. The number of nitrogens with zero attached hydrogens (tertiary/aromatic N) is 3. The number of rotatable bonds is 11. The fourth-order valence-electron chi connectivity index (χ4n) is 4.51. The van der Waals surface area contributed by atoms with Crippen molar-refractivity contribution in [2.24, 2.45) is 0 Å². The number of fused-ring (bicyclic) bond motifs is 1. The van der Waals surface area contributed by atoms with E-state index >= 15 is 0 Å². The normalized spacial score (nSPS) is 13.2. The maximum absolute atomic E-state index is 14.6. The molecule has 7 nitrogen and oxygen atoms in total. The van der Waals surface area contributed by atoms with E-state index in [1.54, 1.807) is 19.5 Å². The van der Waals surface area contributed by atoms with Gasteiger partial charge in [0.2, 0.25) is 0 Å². The number of aryl methyl sites for hydroxylation is 1. The van der Waals surface area contributed by atoms with E-state index in [4.69, 9.17) is 9.47 Å². The Balaban J connectivity index is 1.30. The molecule has 2 N–H and O–H groups in total. The lowest BCUT2D eigenvalue weighted by molar-refractivity contribution is 0.335. The van der Waals surface area contributed by atoms with E-state index < -0.39 is 0 Å². The van der Waals surface area contributed by atoms with E-state index in [-0.39, 0.29) is 5.82 Å². The molecule has 2 heterocycles. The Hall–Kier alpha value is -3.65. The van der Waals surface area contributed by atoms with Crippen LogP contribution < -0.4 is 20.1 Å². The summed E-state index contributed by atoms with van der Waals surface area (Å²) in [6, 6.07) is 13.9. The van der Waals surface area contributed by atoms with Gasteiger partial charge in [0.1, 0.15) is 29.5 Å². The summed E-state index contributed by atoms with van der Waals surface area (Å²) in [5.41, 5.74) is 4.46. The van der Waals surface area contributed by atoms with E-state index in [2.05, 4.69) is 32.7 Å². The lowest BCUT2D eigenvalue weighted by atomic mass is 10.1. The minimum absolute atomic E-state index is 0.260. The van der Waals surface area contributed by atoms with Crippen molar-refractivity contribution in [3.8, 4) is 22.8 Å². The minimum Gasteiger partial charge on any atom is -0.496 e. The second-order valence-corrected chi connectivity index (χ2v) is 9.08. The molecule has 36 heavy (non-hydrogen) atoms. The SMILES string of the molecule is CCOc1cc(-c2cc(NCCn3c(C)cc4c(OC)ccc(F)c43)ncn2)ccc1CNC1CC1. The molecule has 4 aromatic rings. The quantitative estimate of drug-likeness (QED) is 0.297. The lowest BCUT2D eigenvalue weighted by Gasteiger charge is -2.14. The Morgan fingerprint density at radius 2 is 1.94 bits per heavy atom.